The molecule has 0 N–H and O–H groups in total. The summed E-state index contributed by atoms with van der Waals surface area (Å²) in [7, 11) is 0. The number of Topliss-reactive ketones (excluding diaryl/α,β-unsaturated/α-hetero) is 1. The molecule has 0 aliphatic carbocycles. The van der Waals surface area contributed by atoms with Crippen molar-refractivity contribution in [3.8, 4) is 6.07 Å². The fraction of sp³-hybridized carbons (Fsp3) is 0.182. The van der Waals surface area contributed by atoms with Gasteiger partial charge in [-0.2, -0.15) is 18.4 Å². The highest BCUT2D eigenvalue weighted by molar-refractivity contribution is 5.98. The largest absolute Gasteiger partial charge is 0.417 e. The van der Waals surface area contributed by atoms with E-state index in [1.807, 2.05) is 0 Å². The number of ketones is 1. The van der Waals surface area contributed by atoms with E-state index in [9.17, 15) is 22.8 Å². The van der Waals surface area contributed by atoms with Crippen LogP contribution in [0.4, 0.5) is 13.2 Å². The average molecular weight is 241 g/mol. The van der Waals surface area contributed by atoms with Crippen LogP contribution in [0, 0.1) is 11.3 Å². The van der Waals surface area contributed by atoms with E-state index in [1.165, 1.54) is 6.07 Å². The van der Waals surface area contributed by atoms with Crippen LogP contribution in [0.15, 0.2) is 12.1 Å². The molecule has 1 aromatic carbocycles. The molecule has 0 atom stereocenters. The van der Waals surface area contributed by atoms with E-state index >= 15 is 0 Å². The Morgan fingerprint density at radius 2 is 2.00 bits per heavy atom. The Hall–Kier alpha value is -2.16. The van der Waals surface area contributed by atoms with Crippen molar-refractivity contribution in [1.29, 1.82) is 5.26 Å². The quantitative estimate of drug-likeness (QED) is 0.590. The minimum Gasteiger partial charge on any atom is -0.298 e. The van der Waals surface area contributed by atoms with Crippen molar-refractivity contribution < 1.29 is 22.8 Å². The third-order valence-corrected chi connectivity index (χ3v) is 2.09. The lowest BCUT2D eigenvalue weighted by atomic mass is 9.96. The Morgan fingerprint density at radius 3 is 2.35 bits per heavy atom. The number of nitrogens with zero attached hydrogens (tertiary/aromatic N) is 1. The molecule has 0 bridgehead atoms. The van der Waals surface area contributed by atoms with Crippen molar-refractivity contribution in [3.63, 3.8) is 0 Å². The lowest BCUT2D eigenvalue weighted by Crippen LogP contribution is -2.12. The van der Waals surface area contributed by atoms with Crippen molar-refractivity contribution in [2.75, 3.05) is 0 Å². The van der Waals surface area contributed by atoms with Gasteiger partial charge in [-0.3, -0.25) is 9.59 Å². The fourth-order valence-corrected chi connectivity index (χ4v) is 1.35. The monoisotopic (exact) mass is 241 g/mol. The Balaban J connectivity index is 3.70. The zero-order valence-corrected chi connectivity index (χ0v) is 8.63. The molecule has 0 saturated carbocycles. The second-order valence-electron chi connectivity index (χ2n) is 3.27. The van der Waals surface area contributed by atoms with Crippen LogP contribution >= 0.6 is 0 Å². The average Bonchev–Trinajstić information content (AvgIpc) is 2.25. The summed E-state index contributed by atoms with van der Waals surface area (Å²) < 4.78 is 37.9. The van der Waals surface area contributed by atoms with Crippen LogP contribution in [0.25, 0.3) is 0 Å². The minimum atomic E-state index is -4.78. The molecule has 1 aromatic rings. The topological polar surface area (TPSA) is 57.9 Å². The summed E-state index contributed by atoms with van der Waals surface area (Å²) in [6.45, 7) is 1.03. The summed E-state index contributed by atoms with van der Waals surface area (Å²) in [5, 5.41) is 8.68. The van der Waals surface area contributed by atoms with Gasteiger partial charge in [0.1, 0.15) is 12.4 Å². The molecule has 0 aliphatic rings. The van der Waals surface area contributed by atoms with Crippen LogP contribution < -0.4 is 0 Å². The van der Waals surface area contributed by atoms with E-state index in [4.69, 9.17) is 5.26 Å². The van der Waals surface area contributed by atoms with Crippen LogP contribution in [-0.2, 0) is 6.18 Å². The number of carbonyl (C=O) groups excluding carboxylic acids is 2. The number of aldehydes is 1. The van der Waals surface area contributed by atoms with Gasteiger partial charge in [-0.05, 0) is 19.1 Å². The molecule has 17 heavy (non-hydrogen) atoms. The summed E-state index contributed by atoms with van der Waals surface area (Å²) in [6, 6.07) is 2.88. The highest BCUT2D eigenvalue weighted by atomic mass is 19.4. The molecule has 6 heteroatoms. The number of alkyl halides is 3. The summed E-state index contributed by atoms with van der Waals surface area (Å²) >= 11 is 0. The van der Waals surface area contributed by atoms with E-state index < -0.39 is 28.6 Å². The molecule has 88 valence electrons. The second-order valence-corrected chi connectivity index (χ2v) is 3.27. The first-order chi connectivity index (χ1) is 7.81. The van der Waals surface area contributed by atoms with E-state index in [1.54, 1.807) is 0 Å². The predicted molar refractivity (Wildman–Crippen MR) is 51.6 cm³/mol. The minimum absolute atomic E-state index is 0.197. The van der Waals surface area contributed by atoms with Gasteiger partial charge in [-0.25, -0.2) is 0 Å². The number of rotatable bonds is 2. The molecule has 0 spiro atoms. The molecule has 1 rings (SSSR count). The first-order valence-corrected chi connectivity index (χ1v) is 4.42. The molecule has 0 heterocycles. The number of benzene rings is 1. The molecule has 0 saturated heterocycles. The van der Waals surface area contributed by atoms with Crippen molar-refractivity contribution in [3.05, 3.63) is 34.4 Å². The second kappa shape index (κ2) is 4.37. The van der Waals surface area contributed by atoms with Crippen LogP contribution in [0.3, 0.4) is 0 Å². The lowest BCUT2D eigenvalue weighted by Gasteiger charge is -2.11. The Morgan fingerprint density at radius 1 is 1.41 bits per heavy atom. The van der Waals surface area contributed by atoms with Crippen LogP contribution in [0.1, 0.15) is 38.8 Å². The standard InChI is InChI=1S/C11H6F3NO2/c1-6(17)8-2-7(5-16)3-10(9(8)4-15)11(12,13)14/h2-3,5H,1H3. The van der Waals surface area contributed by atoms with Gasteiger partial charge in [-0.15, -0.1) is 0 Å². The summed E-state index contributed by atoms with van der Waals surface area (Å²) in [4.78, 5) is 21.6. The summed E-state index contributed by atoms with van der Waals surface area (Å²) in [5.74, 6) is -0.698. The lowest BCUT2D eigenvalue weighted by molar-refractivity contribution is -0.137. The molecular weight excluding hydrogens is 235 g/mol. The molecule has 0 radical (unpaired) electrons. The van der Waals surface area contributed by atoms with Gasteiger partial charge >= 0.3 is 6.18 Å². The maximum atomic E-state index is 12.6. The van der Waals surface area contributed by atoms with Crippen LogP contribution in [0.2, 0.25) is 0 Å². The predicted octanol–water partition coefficient (Wildman–Crippen LogP) is 2.59. The van der Waals surface area contributed by atoms with E-state index in [0.29, 0.717) is 6.07 Å². The zero-order valence-electron chi connectivity index (χ0n) is 8.63. The highest BCUT2D eigenvalue weighted by Gasteiger charge is 2.35. The molecule has 0 aromatic heterocycles. The smallest absolute Gasteiger partial charge is 0.298 e. The summed E-state index contributed by atoms with van der Waals surface area (Å²) in [6.07, 6.45) is -4.59. The van der Waals surface area contributed by atoms with Crippen molar-refractivity contribution in [1.82, 2.24) is 0 Å². The van der Waals surface area contributed by atoms with Gasteiger partial charge in [0.2, 0.25) is 0 Å². The van der Waals surface area contributed by atoms with E-state index in [-0.39, 0.29) is 11.8 Å². The number of hydrogen-bond donors (Lipinski definition) is 0. The third-order valence-electron chi connectivity index (χ3n) is 2.09. The fourth-order valence-electron chi connectivity index (χ4n) is 1.35. The van der Waals surface area contributed by atoms with Gasteiger partial charge < -0.3 is 0 Å². The Kier molecular flexibility index (Phi) is 3.32. The molecule has 3 nitrogen and oxygen atoms in total. The van der Waals surface area contributed by atoms with Gasteiger partial charge in [0.05, 0.1) is 11.1 Å². The van der Waals surface area contributed by atoms with Gasteiger partial charge in [0, 0.05) is 11.1 Å². The first kappa shape index (κ1) is 12.9. The Labute approximate surface area is 94.5 Å². The summed E-state index contributed by atoms with van der Waals surface area (Å²) in [5.41, 5.74) is -2.71. The number of hydrogen-bond acceptors (Lipinski definition) is 3. The molecule has 0 aliphatic heterocycles. The van der Waals surface area contributed by atoms with Crippen LogP contribution in [0.5, 0.6) is 0 Å². The highest BCUT2D eigenvalue weighted by Crippen LogP contribution is 2.34. The SMILES string of the molecule is CC(=O)c1cc(C=O)cc(C(F)(F)F)c1C#N. The Bertz CT molecular complexity index is 527. The van der Waals surface area contributed by atoms with Gasteiger partial charge in [0.15, 0.2) is 5.78 Å². The maximum Gasteiger partial charge on any atom is 0.417 e. The third kappa shape index (κ3) is 2.50. The van der Waals surface area contributed by atoms with Crippen molar-refractivity contribution in [2.45, 2.75) is 13.1 Å². The number of carbonyl (C=O) groups is 2. The van der Waals surface area contributed by atoms with Crippen LogP contribution in [-0.4, -0.2) is 12.1 Å². The van der Waals surface area contributed by atoms with E-state index in [2.05, 4.69) is 0 Å². The first-order valence-electron chi connectivity index (χ1n) is 4.42. The van der Waals surface area contributed by atoms with Gasteiger partial charge in [-0.1, -0.05) is 0 Å². The van der Waals surface area contributed by atoms with Crippen molar-refractivity contribution >= 4 is 12.1 Å². The molecule has 0 amide bonds. The van der Waals surface area contributed by atoms with Gasteiger partial charge in [0.25, 0.3) is 0 Å². The maximum absolute atomic E-state index is 12.6. The number of nitriles is 1. The molecule has 0 fully saturated rings. The van der Waals surface area contributed by atoms with E-state index in [0.717, 1.165) is 13.0 Å². The number of halogens is 3. The molecular formula is C11H6F3NO2. The normalized spacial score (nSPS) is 10.8. The van der Waals surface area contributed by atoms with Crippen molar-refractivity contribution in [2.24, 2.45) is 0 Å². The zero-order chi connectivity index (χ0) is 13.2. The molecule has 0 unspecified atom stereocenters.